The van der Waals surface area contributed by atoms with Gasteiger partial charge in [0.2, 0.25) is 0 Å². The number of carboxylic acid groups (broad SMARTS) is 1. The normalized spacial score (nSPS) is 11.2. The van der Waals surface area contributed by atoms with Gasteiger partial charge in [-0.15, -0.1) is 0 Å². The van der Waals surface area contributed by atoms with Gasteiger partial charge in [0.25, 0.3) is 5.91 Å². The van der Waals surface area contributed by atoms with E-state index >= 15 is 0 Å². The predicted molar refractivity (Wildman–Crippen MR) is 93.8 cm³/mol. The topological polar surface area (TPSA) is 81.6 Å². The van der Waals surface area contributed by atoms with Crippen LogP contribution < -0.4 is 10.5 Å². The van der Waals surface area contributed by atoms with E-state index in [1.165, 1.54) is 0 Å². The Balaban J connectivity index is 2.17. The molecule has 0 atom stereocenters. The van der Waals surface area contributed by atoms with Crippen LogP contribution in [0.3, 0.4) is 0 Å². The molecule has 0 bridgehead atoms. The molecule has 1 N–H and O–H groups in total. The van der Waals surface area contributed by atoms with Crippen LogP contribution in [0.1, 0.15) is 28.8 Å². The molecule has 0 radical (unpaired) electrons. The van der Waals surface area contributed by atoms with Crippen molar-refractivity contribution in [2.24, 2.45) is 5.10 Å². The van der Waals surface area contributed by atoms with Gasteiger partial charge in [0.1, 0.15) is 0 Å². The summed E-state index contributed by atoms with van der Waals surface area (Å²) in [5.41, 5.74) is 4.01. The van der Waals surface area contributed by atoms with Crippen LogP contribution in [0.25, 0.3) is 0 Å². The van der Waals surface area contributed by atoms with Crippen LogP contribution in [-0.4, -0.2) is 17.6 Å². The number of rotatable bonds is 6. The lowest BCUT2D eigenvalue weighted by molar-refractivity contribution is -0.305. The molecule has 24 heavy (non-hydrogen) atoms. The van der Waals surface area contributed by atoms with E-state index in [0.717, 1.165) is 10.0 Å². The Morgan fingerprint density at radius 3 is 2.17 bits per heavy atom. The molecular formula is C17H13BrClN2O3-. The molecule has 2 rings (SSSR count). The number of carboxylic acids is 1. The quantitative estimate of drug-likeness (QED) is 0.589. The summed E-state index contributed by atoms with van der Waals surface area (Å²) >= 11 is 9.11. The molecule has 0 aliphatic carbocycles. The van der Waals surface area contributed by atoms with Gasteiger partial charge in [-0.05, 0) is 54.8 Å². The van der Waals surface area contributed by atoms with Crippen molar-refractivity contribution in [3.05, 3.63) is 69.2 Å². The minimum absolute atomic E-state index is 0.144. The van der Waals surface area contributed by atoms with Crippen molar-refractivity contribution in [1.82, 2.24) is 5.43 Å². The van der Waals surface area contributed by atoms with Gasteiger partial charge in [-0.25, -0.2) is 5.43 Å². The van der Waals surface area contributed by atoms with Crippen LogP contribution in [0, 0.1) is 0 Å². The van der Waals surface area contributed by atoms with E-state index in [1.807, 2.05) is 12.1 Å². The molecule has 124 valence electrons. The van der Waals surface area contributed by atoms with E-state index in [0.29, 0.717) is 16.3 Å². The number of halogens is 2. The summed E-state index contributed by atoms with van der Waals surface area (Å²) in [5.74, 6) is -1.58. The maximum Gasteiger partial charge on any atom is 0.271 e. The van der Waals surface area contributed by atoms with Crippen LogP contribution in [0.15, 0.2) is 58.1 Å². The summed E-state index contributed by atoms with van der Waals surface area (Å²) in [6.45, 7) is 0. The van der Waals surface area contributed by atoms with Crippen LogP contribution in [0.5, 0.6) is 0 Å². The van der Waals surface area contributed by atoms with E-state index in [-0.39, 0.29) is 12.8 Å². The molecular weight excluding hydrogens is 396 g/mol. The van der Waals surface area contributed by atoms with E-state index in [1.54, 1.807) is 36.4 Å². The van der Waals surface area contributed by atoms with Gasteiger partial charge in [0, 0.05) is 21.0 Å². The van der Waals surface area contributed by atoms with E-state index in [2.05, 4.69) is 26.5 Å². The monoisotopic (exact) mass is 407 g/mol. The molecule has 2 aromatic carbocycles. The van der Waals surface area contributed by atoms with E-state index in [9.17, 15) is 14.7 Å². The Morgan fingerprint density at radius 1 is 1.00 bits per heavy atom. The number of carbonyl (C=O) groups is 2. The molecule has 0 spiro atoms. The molecule has 2 aromatic rings. The van der Waals surface area contributed by atoms with E-state index < -0.39 is 11.9 Å². The Bertz CT molecular complexity index is 758. The number of carbonyl (C=O) groups excluding carboxylic acids is 2. The molecule has 1 amide bonds. The van der Waals surface area contributed by atoms with Gasteiger partial charge >= 0.3 is 0 Å². The largest absolute Gasteiger partial charge is 0.550 e. The number of aliphatic carboxylic acids is 1. The molecule has 0 unspecified atom stereocenters. The maximum atomic E-state index is 12.1. The van der Waals surface area contributed by atoms with Crippen LogP contribution in [-0.2, 0) is 4.79 Å². The Hall–Kier alpha value is -2.18. The third-order valence-corrected chi connectivity index (χ3v) is 3.92. The van der Waals surface area contributed by atoms with Gasteiger partial charge < -0.3 is 9.90 Å². The van der Waals surface area contributed by atoms with Crippen LogP contribution in [0.4, 0.5) is 0 Å². The van der Waals surface area contributed by atoms with Gasteiger partial charge in [-0.3, -0.25) is 4.79 Å². The molecule has 0 saturated heterocycles. The molecule has 0 aliphatic rings. The van der Waals surface area contributed by atoms with Gasteiger partial charge in [-0.2, -0.15) is 5.10 Å². The zero-order chi connectivity index (χ0) is 17.5. The summed E-state index contributed by atoms with van der Waals surface area (Å²) in [7, 11) is 0. The van der Waals surface area contributed by atoms with Gasteiger partial charge in [0.05, 0.1) is 5.71 Å². The van der Waals surface area contributed by atoms with Crippen LogP contribution >= 0.6 is 27.5 Å². The first-order valence-electron chi connectivity index (χ1n) is 7.04. The van der Waals surface area contributed by atoms with Crippen molar-refractivity contribution in [1.29, 1.82) is 0 Å². The molecule has 5 nitrogen and oxygen atoms in total. The third-order valence-electron chi connectivity index (χ3n) is 3.14. The van der Waals surface area contributed by atoms with Gasteiger partial charge in [-0.1, -0.05) is 39.7 Å². The standard InChI is InChI=1S/C17H14BrClN2O3/c18-13-5-1-11(2-6-13)15(9-10-16(22)23)20-21-17(24)12-3-7-14(19)8-4-12/h1-8H,9-10H2,(H,21,24)(H,22,23)/p-1/b20-15-. The first-order valence-corrected chi connectivity index (χ1v) is 8.21. The fourth-order valence-corrected chi connectivity index (χ4v) is 2.30. The number of hydrazone groups is 1. The highest BCUT2D eigenvalue weighted by Gasteiger charge is 2.08. The van der Waals surface area contributed by atoms with Crippen molar-refractivity contribution in [2.75, 3.05) is 0 Å². The second kappa shape index (κ2) is 8.61. The second-order valence-electron chi connectivity index (χ2n) is 4.89. The highest BCUT2D eigenvalue weighted by Crippen LogP contribution is 2.14. The number of nitrogens with zero attached hydrogens (tertiary/aromatic N) is 1. The number of hydrogen-bond donors (Lipinski definition) is 1. The van der Waals surface area contributed by atoms with E-state index in [4.69, 9.17) is 11.6 Å². The first kappa shape index (κ1) is 18.2. The number of hydrogen-bond acceptors (Lipinski definition) is 4. The molecule has 0 heterocycles. The zero-order valence-corrected chi connectivity index (χ0v) is 14.8. The third kappa shape index (κ3) is 5.47. The minimum Gasteiger partial charge on any atom is -0.550 e. The number of benzene rings is 2. The second-order valence-corrected chi connectivity index (χ2v) is 6.24. The SMILES string of the molecule is O=C([O-])CC/C(=N/NC(=O)c1ccc(Cl)cc1)c1ccc(Br)cc1. The van der Waals surface area contributed by atoms with Gasteiger partial charge in [0.15, 0.2) is 0 Å². The molecule has 7 heteroatoms. The lowest BCUT2D eigenvalue weighted by Gasteiger charge is -2.09. The average Bonchev–Trinajstić information content (AvgIpc) is 2.56. The lowest BCUT2D eigenvalue weighted by Crippen LogP contribution is -2.24. The Labute approximate surface area is 152 Å². The van der Waals surface area contributed by atoms with Crippen molar-refractivity contribution >= 4 is 45.1 Å². The van der Waals surface area contributed by atoms with Crippen molar-refractivity contribution in [3.8, 4) is 0 Å². The summed E-state index contributed by atoms with van der Waals surface area (Å²) in [4.78, 5) is 22.8. The summed E-state index contributed by atoms with van der Waals surface area (Å²) in [6, 6.07) is 13.5. The summed E-state index contributed by atoms with van der Waals surface area (Å²) in [6.07, 6.45) is -0.0451. The van der Waals surface area contributed by atoms with Crippen molar-refractivity contribution < 1.29 is 14.7 Å². The minimum atomic E-state index is -1.18. The van der Waals surface area contributed by atoms with Crippen molar-refractivity contribution in [2.45, 2.75) is 12.8 Å². The smallest absolute Gasteiger partial charge is 0.271 e. The molecule has 0 aromatic heterocycles. The predicted octanol–water partition coefficient (Wildman–Crippen LogP) is 2.77. The van der Waals surface area contributed by atoms with Crippen LogP contribution in [0.2, 0.25) is 5.02 Å². The fourth-order valence-electron chi connectivity index (χ4n) is 1.91. The average molecular weight is 409 g/mol. The summed E-state index contributed by atoms with van der Waals surface area (Å²) < 4.78 is 0.885. The highest BCUT2D eigenvalue weighted by atomic mass is 79.9. The summed E-state index contributed by atoms with van der Waals surface area (Å²) in [5, 5.41) is 15.3. The highest BCUT2D eigenvalue weighted by molar-refractivity contribution is 9.10. The molecule has 0 saturated carbocycles. The van der Waals surface area contributed by atoms with Crippen molar-refractivity contribution in [3.63, 3.8) is 0 Å². The Morgan fingerprint density at radius 2 is 1.58 bits per heavy atom. The number of nitrogens with one attached hydrogen (secondary N) is 1. The zero-order valence-electron chi connectivity index (χ0n) is 12.5. The molecule has 0 aliphatic heterocycles. The first-order chi connectivity index (χ1) is 11.5. The fraction of sp³-hybridized carbons (Fsp3) is 0.118. The Kier molecular flexibility index (Phi) is 6.52. The number of amides is 1. The molecule has 0 fully saturated rings. The lowest BCUT2D eigenvalue weighted by atomic mass is 10.1. The maximum absolute atomic E-state index is 12.1.